The van der Waals surface area contributed by atoms with E-state index in [1.54, 1.807) is 29.1 Å². The standard InChI is InChI=1S/C16H16BrF3N2O3/c17-11-1-2-13(15(7-11)25-10-16(18,19)20)14-3-4-22(21-14)8-12-9-23-5-6-24-12/h1-4,7,12H,5-6,8-10H2/t12-/m0/s1. The van der Waals surface area contributed by atoms with Gasteiger partial charge in [0.05, 0.1) is 32.1 Å². The monoisotopic (exact) mass is 420 g/mol. The second-order valence-corrected chi connectivity index (χ2v) is 6.45. The first-order chi connectivity index (χ1) is 11.9. The number of nitrogens with zero attached hydrogens (tertiary/aromatic N) is 2. The van der Waals surface area contributed by atoms with Crippen LogP contribution in [-0.2, 0) is 16.0 Å². The second kappa shape index (κ2) is 7.76. The third-order valence-corrected chi connectivity index (χ3v) is 4.02. The number of hydrogen-bond acceptors (Lipinski definition) is 4. The molecule has 0 saturated carbocycles. The summed E-state index contributed by atoms with van der Waals surface area (Å²) in [4.78, 5) is 0. The van der Waals surface area contributed by atoms with E-state index in [-0.39, 0.29) is 11.9 Å². The fraction of sp³-hybridized carbons (Fsp3) is 0.438. The minimum Gasteiger partial charge on any atom is -0.483 e. The van der Waals surface area contributed by atoms with Gasteiger partial charge in [-0.1, -0.05) is 15.9 Å². The molecule has 2 heterocycles. The topological polar surface area (TPSA) is 45.5 Å². The lowest BCUT2D eigenvalue weighted by Gasteiger charge is -2.22. The third-order valence-electron chi connectivity index (χ3n) is 3.53. The largest absolute Gasteiger partial charge is 0.483 e. The molecule has 2 aromatic rings. The van der Waals surface area contributed by atoms with Crippen LogP contribution in [0.1, 0.15) is 0 Å². The number of aromatic nitrogens is 2. The Balaban J connectivity index is 1.76. The lowest BCUT2D eigenvalue weighted by Crippen LogP contribution is -2.32. The molecule has 0 bridgehead atoms. The first kappa shape index (κ1) is 18.2. The molecule has 0 spiro atoms. The van der Waals surface area contributed by atoms with Crippen molar-refractivity contribution in [2.24, 2.45) is 0 Å². The Kier molecular flexibility index (Phi) is 5.65. The van der Waals surface area contributed by atoms with Crippen LogP contribution in [0.25, 0.3) is 11.3 Å². The molecule has 0 aliphatic carbocycles. The molecule has 1 aromatic heterocycles. The van der Waals surface area contributed by atoms with Crippen LogP contribution in [0.4, 0.5) is 13.2 Å². The predicted octanol–water partition coefficient (Wildman–Crippen LogP) is 3.67. The van der Waals surface area contributed by atoms with E-state index in [1.807, 2.05) is 0 Å². The van der Waals surface area contributed by atoms with Crippen molar-refractivity contribution in [2.75, 3.05) is 26.4 Å². The molecule has 1 fully saturated rings. The molecule has 0 unspecified atom stereocenters. The van der Waals surface area contributed by atoms with Crippen LogP contribution in [0.15, 0.2) is 34.9 Å². The number of rotatable bonds is 5. The molecule has 25 heavy (non-hydrogen) atoms. The van der Waals surface area contributed by atoms with Crippen LogP contribution < -0.4 is 4.74 Å². The van der Waals surface area contributed by atoms with Crippen molar-refractivity contribution in [2.45, 2.75) is 18.8 Å². The Morgan fingerprint density at radius 3 is 2.84 bits per heavy atom. The van der Waals surface area contributed by atoms with E-state index in [4.69, 9.17) is 14.2 Å². The average Bonchev–Trinajstić information content (AvgIpc) is 3.01. The fourth-order valence-electron chi connectivity index (χ4n) is 2.44. The molecule has 3 rings (SSSR count). The molecule has 136 valence electrons. The summed E-state index contributed by atoms with van der Waals surface area (Å²) >= 11 is 3.24. The summed E-state index contributed by atoms with van der Waals surface area (Å²) in [6.45, 7) is 0.772. The average molecular weight is 421 g/mol. The zero-order chi connectivity index (χ0) is 17.9. The summed E-state index contributed by atoms with van der Waals surface area (Å²) in [5.74, 6) is 0.120. The number of hydrogen-bond donors (Lipinski definition) is 0. The van der Waals surface area contributed by atoms with Gasteiger partial charge in [-0.3, -0.25) is 4.68 Å². The molecule has 1 atom stereocenters. The van der Waals surface area contributed by atoms with Crippen molar-refractivity contribution in [3.63, 3.8) is 0 Å². The van der Waals surface area contributed by atoms with Crippen LogP contribution in [-0.4, -0.2) is 48.5 Å². The second-order valence-electron chi connectivity index (χ2n) is 5.54. The van der Waals surface area contributed by atoms with Gasteiger partial charge >= 0.3 is 6.18 Å². The summed E-state index contributed by atoms with van der Waals surface area (Å²) < 4.78 is 55.5. The Morgan fingerprint density at radius 2 is 2.12 bits per heavy atom. The maximum Gasteiger partial charge on any atom is 0.422 e. The van der Waals surface area contributed by atoms with Crippen LogP contribution >= 0.6 is 15.9 Å². The number of benzene rings is 1. The third kappa shape index (κ3) is 5.20. The number of ether oxygens (including phenoxy) is 3. The van der Waals surface area contributed by atoms with Crippen LogP contribution in [0.2, 0.25) is 0 Å². The van der Waals surface area contributed by atoms with E-state index in [0.29, 0.717) is 42.1 Å². The maximum atomic E-state index is 12.5. The molecule has 0 N–H and O–H groups in total. The van der Waals surface area contributed by atoms with Crippen molar-refractivity contribution < 1.29 is 27.4 Å². The number of alkyl halides is 3. The maximum absolute atomic E-state index is 12.5. The molecular weight excluding hydrogens is 405 g/mol. The molecule has 5 nitrogen and oxygen atoms in total. The Morgan fingerprint density at radius 1 is 1.28 bits per heavy atom. The van der Waals surface area contributed by atoms with E-state index >= 15 is 0 Å². The zero-order valence-corrected chi connectivity index (χ0v) is 14.7. The first-order valence-electron chi connectivity index (χ1n) is 7.63. The molecule has 0 radical (unpaired) electrons. The SMILES string of the molecule is FC(F)(F)COc1cc(Br)ccc1-c1ccn(C[C@H]2COCCO2)n1. The van der Waals surface area contributed by atoms with Gasteiger partial charge in [0, 0.05) is 16.2 Å². The van der Waals surface area contributed by atoms with E-state index in [0.717, 1.165) is 0 Å². The predicted molar refractivity (Wildman–Crippen MR) is 87.5 cm³/mol. The molecule has 9 heteroatoms. The Labute approximate surface area is 150 Å². The van der Waals surface area contributed by atoms with Gasteiger partial charge in [-0.2, -0.15) is 18.3 Å². The van der Waals surface area contributed by atoms with Crippen molar-refractivity contribution in [3.8, 4) is 17.0 Å². The lowest BCUT2D eigenvalue weighted by molar-refractivity contribution is -0.153. The molecule has 0 amide bonds. The Hall–Kier alpha value is -1.58. The summed E-state index contributed by atoms with van der Waals surface area (Å²) in [7, 11) is 0. The minimum absolute atomic E-state index is 0.0904. The summed E-state index contributed by atoms with van der Waals surface area (Å²) in [6, 6.07) is 6.63. The van der Waals surface area contributed by atoms with E-state index < -0.39 is 12.8 Å². The minimum atomic E-state index is -4.41. The summed E-state index contributed by atoms with van der Waals surface area (Å²) in [5, 5.41) is 4.41. The van der Waals surface area contributed by atoms with Crippen molar-refractivity contribution in [1.82, 2.24) is 9.78 Å². The quantitative estimate of drug-likeness (QED) is 0.740. The highest BCUT2D eigenvalue weighted by Crippen LogP contribution is 2.33. The van der Waals surface area contributed by atoms with Gasteiger partial charge in [0.25, 0.3) is 0 Å². The van der Waals surface area contributed by atoms with E-state index in [1.165, 1.54) is 6.07 Å². The fourth-order valence-corrected chi connectivity index (χ4v) is 2.78. The molecule has 1 saturated heterocycles. The molecule has 1 aliphatic rings. The van der Waals surface area contributed by atoms with Gasteiger partial charge in [0.2, 0.25) is 0 Å². The molecule has 1 aromatic carbocycles. The van der Waals surface area contributed by atoms with Gasteiger partial charge in [0.15, 0.2) is 6.61 Å². The van der Waals surface area contributed by atoms with Crippen LogP contribution in [0.3, 0.4) is 0 Å². The number of halogens is 4. The molecular formula is C16H16BrF3N2O3. The van der Waals surface area contributed by atoms with Gasteiger partial charge in [0.1, 0.15) is 11.9 Å². The zero-order valence-electron chi connectivity index (χ0n) is 13.1. The van der Waals surface area contributed by atoms with Crippen LogP contribution in [0, 0.1) is 0 Å². The van der Waals surface area contributed by atoms with Gasteiger partial charge in [-0.15, -0.1) is 0 Å². The van der Waals surface area contributed by atoms with Crippen molar-refractivity contribution in [1.29, 1.82) is 0 Å². The lowest BCUT2D eigenvalue weighted by atomic mass is 10.1. The van der Waals surface area contributed by atoms with E-state index in [2.05, 4.69) is 21.0 Å². The van der Waals surface area contributed by atoms with E-state index in [9.17, 15) is 13.2 Å². The van der Waals surface area contributed by atoms with Gasteiger partial charge in [-0.25, -0.2) is 0 Å². The first-order valence-corrected chi connectivity index (χ1v) is 8.42. The van der Waals surface area contributed by atoms with Gasteiger partial charge < -0.3 is 14.2 Å². The Bertz CT molecular complexity index is 715. The smallest absolute Gasteiger partial charge is 0.422 e. The van der Waals surface area contributed by atoms with Crippen molar-refractivity contribution in [3.05, 3.63) is 34.9 Å². The normalized spacial score (nSPS) is 18.3. The molecule has 1 aliphatic heterocycles. The summed E-state index contributed by atoms with van der Waals surface area (Å²) in [5.41, 5.74) is 1.02. The van der Waals surface area contributed by atoms with Gasteiger partial charge in [-0.05, 0) is 24.3 Å². The van der Waals surface area contributed by atoms with Crippen LogP contribution in [0.5, 0.6) is 5.75 Å². The highest BCUT2D eigenvalue weighted by molar-refractivity contribution is 9.10. The highest BCUT2D eigenvalue weighted by Gasteiger charge is 2.29. The highest BCUT2D eigenvalue weighted by atomic mass is 79.9. The summed E-state index contributed by atoms with van der Waals surface area (Å²) in [6.07, 6.45) is -2.74. The van der Waals surface area contributed by atoms with Crippen molar-refractivity contribution >= 4 is 15.9 Å².